The normalized spacial score (nSPS) is 11.0. The van der Waals surface area contributed by atoms with E-state index < -0.39 is 0 Å². The highest BCUT2D eigenvalue weighted by Gasteiger charge is 2.09. The summed E-state index contributed by atoms with van der Waals surface area (Å²) in [6.45, 7) is 2.07. The number of rotatable bonds is 2. The molecule has 0 aliphatic rings. The molecule has 0 spiro atoms. The first-order valence-electron chi connectivity index (χ1n) is 7.61. The zero-order chi connectivity index (χ0) is 15.8. The van der Waals surface area contributed by atoms with E-state index >= 15 is 0 Å². The fourth-order valence-electron chi connectivity index (χ4n) is 2.98. The average Bonchev–Trinajstić information content (AvgIpc) is 2.60. The Morgan fingerprint density at radius 1 is 0.783 bits per heavy atom. The van der Waals surface area contributed by atoms with Crippen molar-refractivity contribution in [2.75, 3.05) is 0 Å². The van der Waals surface area contributed by atoms with Crippen LogP contribution < -0.4 is 0 Å². The van der Waals surface area contributed by atoms with Crippen LogP contribution in [0.5, 0.6) is 0 Å². The summed E-state index contributed by atoms with van der Waals surface area (Å²) in [6, 6.07) is 22.3. The lowest BCUT2D eigenvalue weighted by Gasteiger charge is -2.09. The van der Waals surface area contributed by atoms with Gasteiger partial charge in [0.05, 0.1) is 11.0 Å². The lowest BCUT2D eigenvalue weighted by Crippen LogP contribution is -1.91. The molecule has 1 aromatic heterocycles. The molecule has 4 aromatic rings. The molecular formula is C21H15NO. The van der Waals surface area contributed by atoms with E-state index in [1.165, 1.54) is 5.56 Å². The van der Waals surface area contributed by atoms with Crippen LogP contribution in [0.15, 0.2) is 66.7 Å². The van der Waals surface area contributed by atoms with Crippen molar-refractivity contribution in [1.82, 2.24) is 4.98 Å². The zero-order valence-electron chi connectivity index (χ0n) is 12.8. The van der Waals surface area contributed by atoms with Crippen molar-refractivity contribution in [3.8, 4) is 11.1 Å². The topological polar surface area (TPSA) is 30.0 Å². The smallest absolute Gasteiger partial charge is 0.151 e. The number of aromatic nitrogens is 1. The van der Waals surface area contributed by atoms with Gasteiger partial charge in [-0.2, -0.15) is 0 Å². The maximum atomic E-state index is 11.7. The quantitative estimate of drug-likeness (QED) is 0.377. The molecular weight excluding hydrogens is 282 g/mol. The number of para-hydroxylation sites is 1. The van der Waals surface area contributed by atoms with Crippen LogP contribution in [0.25, 0.3) is 32.9 Å². The van der Waals surface area contributed by atoms with E-state index in [4.69, 9.17) is 0 Å². The molecule has 110 valence electrons. The molecule has 2 nitrogen and oxygen atoms in total. The second-order valence-corrected chi connectivity index (χ2v) is 5.76. The molecule has 0 amide bonds. The molecule has 1 heterocycles. The predicted octanol–water partition coefficient (Wildman–Crippen LogP) is 5.18. The van der Waals surface area contributed by atoms with Crippen LogP contribution >= 0.6 is 0 Å². The molecule has 3 aromatic carbocycles. The van der Waals surface area contributed by atoms with Crippen molar-refractivity contribution in [3.63, 3.8) is 0 Å². The molecule has 0 fully saturated rings. The number of fused-ring (bicyclic) bond motifs is 2. The van der Waals surface area contributed by atoms with Crippen LogP contribution in [0, 0.1) is 6.92 Å². The van der Waals surface area contributed by atoms with E-state index in [9.17, 15) is 4.79 Å². The summed E-state index contributed by atoms with van der Waals surface area (Å²) in [7, 11) is 0. The summed E-state index contributed by atoms with van der Waals surface area (Å²) >= 11 is 0. The summed E-state index contributed by atoms with van der Waals surface area (Å²) in [4.78, 5) is 16.4. The number of aryl methyl sites for hydroxylation is 1. The summed E-state index contributed by atoms with van der Waals surface area (Å²) in [5, 5.41) is 1.80. The van der Waals surface area contributed by atoms with Crippen LogP contribution in [0.1, 0.15) is 15.9 Å². The number of hydrogen-bond acceptors (Lipinski definition) is 2. The standard InChI is InChI=1S/C21H15NO/c1-14-6-8-15(9-7-14)16-10-11-21-18(12-16)19(13-23)17-4-2-3-5-20(17)22-21/h2-13H,1H3. The Morgan fingerprint density at radius 2 is 1.48 bits per heavy atom. The lowest BCUT2D eigenvalue weighted by atomic mass is 9.98. The van der Waals surface area contributed by atoms with E-state index in [-0.39, 0.29) is 0 Å². The third-order valence-corrected chi connectivity index (χ3v) is 4.22. The molecule has 0 radical (unpaired) electrons. The first-order valence-corrected chi connectivity index (χ1v) is 7.61. The minimum absolute atomic E-state index is 0.708. The maximum Gasteiger partial charge on any atom is 0.151 e. The highest BCUT2D eigenvalue weighted by atomic mass is 16.1. The van der Waals surface area contributed by atoms with Gasteiger partial charge in [-0.25, -0.2) is 4.98 Å². The second-order valence-electron chi connectivity index (χ2n) is 5.76. The number of pyridine rings is 1. The minimum atomic E-state index is 0.708. The molecule has 4 rings (SSSR count). The van der Waals surface area contributed by atoms with Crippen molar-refractivity contribution in [1.29, 1.82) is 0 Å². The Hall–Kier alpha value is -3.00. The maximum absolute atomic E-state index is 11.7. The minimum Gasteiger partial charge on any atom is -0.298 e. The fourth-order valence-corrected chi connectivity index (χ4v) is 2.98. The van der Waals surface area contributed by atoms with Gasteiger partial charge in [0.15, 0.2) is 6.29 Å². The Labute approximate surface area is 134 Å². The van der Waals surface area contributed by atoms with Crippen molar-refractivity contribution in [2.24, 2.45) is 0 Å². The van der Waals surface area contributed by atoms with Crippen LogP contribution in [-0.4, -0.2) is 11.3 Å². The van der Waals surface area contributed by atoms with Gasteiger partial charge in [0.1, 0.15) is 0 Å². The summed E-state index contributed by atoms with van der Waals surface area (Å²) < 4.78 is 0. The molecule has 0 unspecified atom stereocenters. The second kappa shape index (κ2) is 5.33. The van der Waals surface area contributed by atoms with Crippen molar-refractivity contribution >= 4 is 28.1 Å². The van der Waals surface area contributed by atoms with Gasteiger partial charge >= 0.3 is 0 Å². The van der Waals surface area contributed by atoms with Gasteiger partial charge < -0.3 is 0 Å². The van der Waals surface area contributed by atoms with Gasteiger partial charge in [-0.15, -0.1) is 0 Å². The summed E-state index contributed by atoms with van der Waals surface area (Å²) in [6.07, 6.45) is 0.936. The number of carbonyl (C=O) groups is 1. The Balaban J connectivity index is 2.02. The largest absolute Gasteiger partial charge is 0.298 e. The highest BCUT2D eigenvalue weighted by molar-refractivity contribution is 6.10. The van der Waals surface area contributed by atoms with Crippen molar-refractivity contribution < 1.29 is 4.79 Å². The van der Waals surface area contributed by atoms with Gasteiger partial charge in [-0.1, -0.05) is 54.1 Å². The first-order chi connectivity index (χ1) is 11.3. The predicted molar refractivity (Wildman–Crippen MR) is 94.8 cm³/mol. The van der Waals surface area contributed by atoms with E-state index in [1.807, 2.05) is 30.3 Å². The van der Waals surface area contributed by atoms with Gasteiger partial charge in [-0.3, -0.25) is 4.79 Å². The summed E-state index contributed by atoms with van der Waals surface area (Å²) in [5.41, 5.74) is 5.88. The third kappa shape index (κ3) is 2.29. The number of hydrogen-bond donors (Lipinski definition) is 0. The molecule has 0 bridgehead atoms. The monoisotopic (exact) mass is 297 g/mol. The molecule has 0 saturated heterocycles. The number of aldehydes is 1. The lowest BCUT2D eigenvalue weighted by molar-refractivity contribution is 0.112. The van der Waals surface area contributed by atoms with Crippen LogP contribution in [-0.2, 0) is 0 Å². The van der Waals surface area contributed by atoms with E-state index in [1.54, 1.807) is 0 Å². The van der Waals surface area contributed by atoms with Crippen LogP contribution in [0.3, 0.4) is 0 Å². The van der Waals surface area contributed by atoms with E-state index in [0.717, 1.165) is 39.2 Å². The molecule has 2 heteroatoms. The first kappa shape index (κ1) is 13.6. The Bertz CT molecular complexity index is 1030. The average molecular weight is 297 g/mol. The fraction of sp³-hybridized carbons (Fsp3) is 0.0476. The van der Waals surface area contributed by atoms with Gasteiger partial charge in [0.25, 0.3) is 0 Å². The Morgan fingerprint density at radius 3 is 2.26 bits per heavy atom. The molecule has 23 heavy (non-hydrogen) atoms. The third-order valence-electron chi connectivity index (χ3n) is 4.22. The SMILES string of the molecule is Cc1ccc(-c2ccc3nc4ccccc4c(C=O)c3c2)cc1. The molecule has 0 saturated carbocycles. The van der Waals surface area contributed by atoms with E-state index in [2.05, 4.69) is 48.3 Å². The molecule has 0 aliphatic carbocycles. The zero-order valence-corrected chi connectivity index (χ0v) is 12.8. The highest BCUT2D eigenvalue weighted by Crippen LogP contribution is 2.29. The van der Waals surface area contributed by atoms with Crippen LogP contribution in [0.4, 0.5) is 0 Å². The van der Waals surface area contributed by atoms with Gasteiger partial charge in [0, 0.05) is 16.3 Å². The number of nitrogens with zero attached hydrogens (tertiary/aromatic N) is 1. The number of carbonyl (C=O) groups excluding carboxylic acids is 1. The molecule has 0 atom stereocenters. The van der Waals surface area contributed by atoms with Crippen molar-refractivity contribution in [2.45, 2.75) is 6.92 Å². The molecule has 0 aliphatic heterocycles. The van der Waals surface area contributed by atoms with Gasteiger partial charge in [0.2, 0.25) is 0 Å². The van der Waals surface area contributed by atoms with Crippen LogP contribution in [0.2, 0.25) is 0 Å². The molecule has 0 N–H and O–H groups in total. The summed E-state index contributed by atoms with van der Waals surface area (Å²) in [5.74, 6) is 0. The van der Waals surface area contributed by atoms with E-state index in [0.29, 0.717) is 5.56 Å². The van der Waals surface area contributed by atoms with Gasteiger partial charge in [-0.05, 0) is 36.2 Å². The number of benzene rings is 3. The Kier molecular flexibility index (Phi) is 3.16. The van der Waals surface area contributed by atoms with Crippen molar-refractivity contribution in [3.05, 3.63) is 77.9 Å².